The van der Waals surface area contributed by atoms with Gasteiger partial charge in [0.2, 0.25) is 5.91 Å². The molecule has 0 saturated carbocycles. The quantitative estimate of drug-likeness (QED) is 0.270. The number of furan rings is 1. The molecule has 5 aromatic rings. The van der Waals surface area contributed by atoms with Gasteiger partial charge in [-0.1, -0.05) is 66.7 Å². The third kappa shape index (κ3) is 4.43. The number of nitrogens with one attached hydrogen (secondary N) is 1. The summed E-state index contributed by atoms with van der Waals surface area (Å²) in [6.07, 6.45) is 3.43. The lowest BCUT2D eigenvalue weighted by atomic mass is 9.95. The Morgan fingerprint density at radius 3 is 2.49 bits per heavy atom. The first kappa shape index (κ1) is 22.5. The number of benzene rings is 4. The zero-order valence-corrected chi connectivity index (χ0v) is 20.1. The van der Waals surface area contributed by atoms with Gasteiger partial charge in [-0.15, -0.1) is 0 Å². The summed E-state index contributed by atoms with van der Waals surface area (Å²) in [5.41, 5.74) is 6.54. The molecule has 0 aliphatic rings. The summed E-state index contributed by atoms with van der Waals surface area (Å²) in [6.45, 7) is 4.40. The normalized spacial score (nSPS) is 11.7. The molecule has 0 atom stereocenters. The Hall–Kier alpha value is -4.31. The first-order valence-corrected chi connectivity index (χ1v) is 11.6. The highest BCUT2D eigenvalue weighted by molar-refractivity contribution is 6.02. The van der Waals surface area contributed by atoms with Crippen LogP contribution < -0.4 is 10.1 Å². The molecule has 174 valence electrons. The smallest absolute Gasteiger partial charge is 0.244 e. The SMILES string of the molecule is COc1c(/C(C)=C/C(=O)NCc2ccccc2)cc2c(-c3ccc4ccccc4c3)coc2c1C. The second-order valence-corrected chi connectivity index (χ2v) is 8.70. The highest BCUT2D eigenvalue weighted by atomic mass is 16.5. The number of amides is 1. The fourth-order valence-corrected chi connectivity index (χ4v) is 4.56. The summed E-state index contributed by atoms with van der Waals surface area (Å²) in [6, 6.07) is 26.7. The largest absolute Gasteiger partial charge is 0.496 e. The zero-order chi connectivity index (χ0) is 24.4. The van der Waals surface area contributed by atoms with E-state index in [-0.39, 0.29) is 5.91 Å². The van der Waals surface area contributed by atoms with Crippen molar-refractivity contribution in [2.45, 2.75) is 20.4 Å². The number of rotatable bonds is 6. The Morgan fingerprint density at radius 2 is 1.71 bits per heavy atom. The number of allylic oxidation sites excluding steroid dienone is 1. The summed E-state index contributed by atoms with van der Waals surface area (Å²) >= 11 is 0. The Balaban J connectivity index is 1.53. The standard InChI is InChI=1S/C31H27NO3/c1-20(15-29(33)32-18-22-9-5-4-6-10-22)26-17-27-28(19-35-31(27)21(2)30(26)34-3)25-14-13-23-11-7-8-12-24(23)16-25/h4-17,19H,18H2,1-3H3,(H,32,33)/b20-15+. The molecule has 35 heavy (non-hydrogen) atoms. The molecule has 5 rings (SSSR count). The van der Waals surface area contributed by atoms with Gasteiger partial charge in [0.25, 0.3) is 0 Å². The highest BCUT2D eigenvalue weighted by Gasteiger charge is 2.19. The van der Waals surface area contributed by atoms with Crippen LogP contribution in [0.2, 0.25) is 0 Å². The van der Waals surface area contributed by atoms with Crippen LogP contribution in [-0.2, 0) is 11.3 Å². The lowest BCUT2D eigenvalue weighted by Gasteiger charge is -2.13. The number of aryl methyl sites for hydroxylation is 1. The van der Waals surface area contributed by atoms with E-state index < -0.39 is 0 Å². The van der Waals surface area contributed by atoms with Crippen LogP contribution in [0.4, 0.5) is 0 Å². The van der Waals surface area contributed by atoms with Crippen molar-refractivity contribution in [3.8, 4) is 16.9 Å². The zero-order valence-electron chi connectivity index (χ0n) is 20.1. The fourth-order valence-electron chi connectivity index (χ4n) is 4.56. The van der Waals surface area contributed by atoms with E-state index in [1.807, 2.05) is 56.3 Å². The van der Waals surface area contributed by atoms with E-state index in [9.17, 15) is 4.79 Å². The van der Waals surface area contributed by atoms with Gasteiger partial charge in [0.1, 0.15) is 11.3 Å². The molecule has 0 radical (unpaired) electrons. The predicted octanol–water partition coefficient (Wildman–Crippen LogP) is 7.29. The molecule has 4 nitrogen and oxygen atoms in total. The average molecular weight is 462 g/mol. The van der Waals surface area contributed by atoms with Gasteiger partial charge in [-0.3, -0.25) is 4.79 Å². The maximum Gasteiger partial charge on any atom is 0.244 e. The van der Waals surface area contributed by atoms with Gasteiger partial charge in [0.05, 0.1) is 13.4 Å². The van der Waals surface area contributed by atoms with Crippen LogP contribution in [0.3, 0.4) is 0 Å². The maximum atomic E-state index is 12.7. The van der Waals surface area contributed by atoms with E-state index in [0.29, 0.717) is 12.3 Å². The molecule has 0 unspecified atom stereocenters. The molecule has 1 aromatic heterocycles. The molecule has 0 spiro atoms. The predicted molar refractivity (Wildman–Crippen MR) is 142 cm³/mol. The molecule has 4 aromatic carbocycles. The summed E-state index contributed by atoms with van der Waals surface area (Å²) in [4.78, 5) is 12.7. The number of hydrogen-bond acceptors (Lipinski definition) is 3. The second kappa shape index (κ2) is 9.51. The van der Waals surface area contributed by atoms with Crippen molar-refractivity contribution in [3.63, 3.8) is 0 Å². The first-order chi connectivity index (χ1) is 17.0. The Kier molecular flexibility index (Phi) is 6.11. The summed E-state index contributed by atoms with van der Waals surface area (Å²) < 4.78 is 11.8. The molecule has 0 aliphatic heterocycles. The van der Waals surface area contributed by atoms with Gasteiger partial charge in [0, 0.05) is 34.7 Å². The van der Waals surface area contributed by atoms with Crippen LogP contribution in [0.25, 0.3) is 38.4 Å². The van der Waals surface area contributed by atoms with E-state index in [4.69, 9.17) is 9.15 Å². The van der Waals surface area contributed by atoms with Gasteiger partial charge in [-0.05, 0) is 53.5 Å². The summed E-state index contributed by atoms with van der Waals surface area (Å²) in [5, 5.41) is 6.33. The first-order valence-electron chi connectivity index (χ1n) is 11.6. The Morgan fingerprint density at radius 1 is 0.971 bits per heavy atom. The number of ether oxygens (including phenoxy) is 1. The van der Waals surface area contributed by atoms with Gasteiger partial charge in [-0.2, -0.15) is 0 Å². The Labute approximate surface area is 204 Å². The molecule has 0 bridgehead atoms. The second-order valence-electron chi connectivity index (χ2n) is 8.70. The van der Waals surface area contributed by atoms with E-state index in [1.165, 1.54) is 10.8 Å². The molecule has 0 fully saturated rings. The molecule has 1 N–H and O–H groups in total. The van der Waals surface area contributed by atoms with E-state index in [1.54, 1.807) is 19.4 Å². The molecular formula is C31H27NO3. The molecule has 4 heteroatoms. The van der Waals surface area contributed by atoms with Crippen molar-refractivity contribution in [1.29, 1.82) is 0 Å². The van der Waals surface area contributed by atoms with Crippen molar-refractivity contribution >= 4 is 33.2 Å². The van der Waals surface area contributed by atoms with E-state index in [0.717, 1.165) is 44.4 Å². The fraction of sp³-hybridized carbons (Fsp3) is 0.129. The van der Waals surface area contributed by atoms with E-state index in [2.05, 4.69) is 41.7 Å². The molecule has 0 saturated heterocycles. The number of fused-ring (bicyclic) bond motifs is 2. The maximum absolute atomic E-state index is 12.7. The third-order valence-electron chi connectivity index (χ3n) is 6.39. The topological polar surface area (TPSA) is 51.5 Å². The average Bonchev–Trinajstić information content (AvgIpc) is 3.32. The van der Waals surface area contributed by atoms with Crippen LogP contribution in [0.15, 0.2) is 95.6 Å². The highest BCUT2D eigenvalue weighted by Crippen LogP contribution is 2.41. The van der Waals surface area contributed by atoms with Gasteiger partial charge in [0.15, 0.2) is 0 Å². The van der Waals surface area contributed by atoms with Crippen LogP contribution in [0.1, 0.15) is 23.6 Å². The molecule has 0 aliphatic carbocycles. The van der Waals surface area contributed by atoms with Crippen LogP contribution in [0, 0.1) is 6.92 Å². The van der Waals surface area contributed by atoms with Crippen molar-refractivity contribution in [2.24, 2.45) is 0 Å². The van der Waals surface area contributed by atoms with Crippen LogP contribution >= 0.6 is 0 Å². The number of carbonyl (C=O) groups is 1. The third-order valence-corrected chi connectivity index (χ3v) is 6.39. The lowest BCUT2D eigenvalue weighted by molar-refractivity contribution is -0.116. The monoisotopic (exact) mass is 461 g/mol. The molecule has 1 heterocycles. The number of carbonyl (C=O) groups excluding carboxylic acids is 1. The van der Waals surface area contributed by atoms with Crippen LogP contribution in [0.5, 0.6) is 5.75 Å². The van der Waals surface area contributed by atoms with Crippen molar-refractivity contribution in [2.75, 3.05) is 7.11 Å². The van der Waals surface area contributed by atoms with Crippen molar-refractivity contribution in [1.82, 2.24) is 5.32 Å². The van der Waals surface area contributed by atoms with Gasteiger partial charge in [-0.25, -0.2) is 0 Å². The molecular weight excluding hydrogens is 434 g/mol. The Bertz CT molecular complexity index is 1560. The summed E-state index contributed by atoms with van der Waals surface area (Å²) in [7, 11) is 1.65. The molecule has 1 amide bonds. The number of hydrogen-bond donors (Lipinski definition) is 1. The van der Waals surface area contributed by atoms with Crippen molar-refractivity contribution in [3.05, 3.63) is 108 Å². The lowest BCUT2D eigenvalue weighted by Crippen LogP contribution is -2.20. The minimum atomic E-state index is -0.145. The minimum absolute atomic E-state index is 0.145. The summed E-state index contributed by atoms with van der Waals surface area (Å²) in [5.74, 6) is 0.564. The minimum Gasteiger partial charge on any atom is -0.496 e. The van der Waals surface area contributed by atoms with Crippen LogP contribution in [-0.4, -0.2) is 13.0 Å². The van der Waals surface area contributed by atoms with E-state index >= 15 is 0 Å². The number of methoxy groups -OCH3 is 1. The van der Waals surface area contributed by atoms with Gasteiger partial charge < -0.3 is 14.5 Å². The van der Waals surface area contributed by atoms with Gasteiger partial charge >= 0.3 is 0 Å². The van der Waals surface area contributed by atoms with Crippen molar-refractivity contribution < 1.29 is 13.9 Å².